The van der Waals surface area contributed by atoms with Gasteiger partial charge in [-0.2, -0.15) is 0 Å². The number of aromatic nitrogens is 3. The number of aryl methyl sites for hydroxylation is 1. The molecule has 0 aliphatic rings. The van der Waals surface area contributed by atoms with E-state index in [-0.39, 0.29) is 0 Å². The van der Waals surface area contributed by atoms with Crippen LogP contribution in [0.5, 0.6) is 0 Å². The molecular weight excluding hydrogens is 322 g/mol. The highest BCUT2D eigenvalue weighted by Crippen LogP contribution is 1.99. The molecule has 25 heavy (non-hydrogen) atoms. The summed E-state index contributed by atoms with van der Waals surface area (Å²) < 4.78 is 12.1. The van der Waals surface area contributed by atoms with Gasteiger partial charge in [-0.05, 0) is 20.4 Å². The fourth-order valence-corrected chi connectivity index (χ4v) is 2.14. The molecule has 0 spiro atoms. The minimum absolute atomic E-state index is 0.476. The number of nitrogens with one attached hydrogen (secondary N) is 2. The Kier molecular flexibility index (Phi) is 10.8. The minimum Gasteiger partial charge on any atom is -0.385 e. The monoisotopic (exact) mass is 355 g/mol. The number of guanidine groups is 1. The number of rotatable bonds is 12. The maximum Gasteiger partial charge on any atom is 0.191 e. The molecule has 9 nitrogen and oxygen atoms in total. The van der Waals surface area contributed by atoms with Gasteiger partial charge in [-0.3, -0.25) is 0 Å². The SMILES string of the molecule is COCCCN(C)CCNC(=NCc1nnc(C)n1C)NCCOC. The lowest BCUT2D eigenvalue weighted by molar-refractivity contribution is 0.180. The van der Waals surface area contributed by atoms with Gasteiger partial charge in [0.2, 0.25) is 0 Å². The van der Waals surface area contributed by atoms with Gasteiger partial charge in [-0.15, -0.1) is 10.2 Å². The lowest BCUT2D eigenvalue weighted by Gasteiger charge is -2.18. The van der Waals surface area contributed by atoms with Crippen molar-refractivity contribution in [1.82, 2.24) is 30.3 Å². The lowest BCUT2D eigenvalue weighted by atomic mass is 10.4. The van der Waals surface area contributed by atoms with Crippen LogP contribution in [-0.2, 0) is 23.1 Å². The van der Waals surface area contributed by atoms with Crippen LogP contribution in [0.25, 0.3) is 0 Å². The van der Waals surface area contributed by atoms with Crippen molar-refractivity contribution in [3.63, 3.8) is 0 Å². The quantitative estimate of drug-likeness (QED) is 0.304. The third-order valence-electron chi connectivity index (χ3n) is 3.83. The van der Waals surface area contributed by atoms with Gasteiger partial charge in [0.15, 0.2) is 11.8 Å². The van der Waals surface area contributed by atoms with Gasteiger partial charge < -0.3 is 29.6 Å². The first-order valence-electron chi connectivity index (χ1n) is 8.62. The third-order valence-corrected chi connectivity index (χ3v) is 3.83. The number of likely N-dealkylation sites (N-methyl/N-ethyl adjacent to an activating group) is 1. The van der Waals surface area contributed by atoms with Crippen molar-refractivity contribution in [2.75, 3.05) is 60.7 Å². The van der Waals surface area contributed by atoms with E-state index in [1.807, 2.05) is 18.5 Å². The highest BCUT2D eigenvalue weighted by atomic mass is 16.5. The summed E-state index contributed by atoms with van der Waals surface area (Å²) in [6.07, 6.45) is 1.03. The van der Waals surface area contributed by atoms with Gasteiger partial charge in [0.1, 0.15) is 12.4 Å². The van der Waals surface area contributed by atoms with Crippen molar-refractivity contribution in [1.29, 1.82) is 0 Å². The van der Waals surface area contributed by atoms with E-state index in [4.69, 9.17) is 9.47 Å². The number of hydrogen-bond acceptors (Lipinski definition) is 6. The van der Waals surface area contributed by atoms with Crippen molar-refractivity contribution in [3.8, 4) is 0 Å². The number of methoxy groups -OCH3 is 2. The van der Waals surface area contributed by atoms with Crippen molar-refractivity contribution in [2.24, 2.45) is 12.0 Å². The first-order chi connectivity index (χ1) is 12.1. The Morgan fingerprint density at radius 2 is 1.84 bits per heavy atom. The van der Waals surface area contributed by atoms with Gasteiger partial charge in [0.05, 0.1) is 6.61 Å². The van der Waals surface area contributed by atoms with Crippen LogP contribution in [-0.4, -0.2) is 86.3 Å². The smallest absolute Gasteiger partial charge is 0.191 e. The first-order valence-corrected chi connectivity index (χ1v) is 8.62. The van der Waals surface area contributed by atoms with E-state index >= 15 is 0 Å². The molecule has 0 bridgehead atoms. The second-order valence-corrected chi connectivity index (χ2v) is 5.88. The average Bonchev–Trinajstić information content (AvgIpc) is 2.91. The van der Waals surface area contributed by atoms with Crippen LogP contribution in [0.15, 0.2) is 4.99 Å². The van der Waals surface area contributed by atoms with E-state index in [1.165, 1.54) is 0 Å². The molecule has 0 aromatic carbocycles. The molecule has 1 heterocycles. The van der Waals surface area contributed by atoms with Crippen molar-refractivity contribution < 1.29 is 9.47 Å². The fraction of sp³-hybridized carbons (Fsp3) is 0.812. The van der Waals surface area contributed by atoms with Gasteiger partial charge in [0, 0.05) is 54.1 Å². The molecule has 0 radical (unpaired) electrons. The summed E-state index contributed by atoms with van der Waals surface area (Å²) in [7, 11) is 7.47. The minimum atomic E-state index is 0.476. The summed E-state index contributed by atoms with van der Waals surface area (Å²) in [6.45, 7) is 7.26. The molecule has 0 aliphatic heterocycles. The average molecular weight is 355 g/mol. The van der Waals surface area contributed by atoms with Crippen molar-refractivity contribution in [2.45, 2.75) is 19.9 Å². The summed E-state index contributed by atoms with van der Waals surface area (Å²) in [4.78, 5) is 6.86. The Balaban J connectivity index is 2.46. The molecule has 9 heteroatoms. The Bertz CT molecular complexity index is 505. The van der Waals surface area contributed by atoms with Crippen LogP contribution in [0.2, 0.25) is 0 Å². The van der Waals surface area contributed by atoms with E-state index in [0.29, 0.717) is 19.7 Å². The molecule has 144 valence electrons. The molecule has 0 saturated carbocycles. The topological polar surface area (TPSA) is 88.8 Å². The van der Waals surface area contributed by atoms with E-state index < -0.39 is 0 Å². The Morgan fingerprint density at radius 3 is 2.48 bits per heavy atom. The maximum atomic E-state index is 5.08. The summed E-state index contributed by atoms with van der Waals surface area (Å²) >= 11 is 0. The predicted molar refractivity (Wildman–Crippen MR) is 98.8 cm³/mol. The van der Waals surface area contributed by atoms with E-state index in [9.17, 15) is 0 Å². The van der Waals surface area contributed by atoms with E-state index in [0.717, 1.165) is 50.3 Å². The van der Waals surface area contributed by atoms with Gasteiger partial charge in [-0.25, -0.2) is 4.99 Å². The van der Waals surface area contributed by atoms with Gasteiger partial charge in [-0.1, -0.05) is 0 Å². The Hall–Kier alpha value is -1.71. The summed E-state index contributed by atoms with van der Waals surface area (Å²) in [5, 5.41) is 14.8. The Morgan fingerprint density at radius 1 is 1.12 bits per heavy atom. The van der Waals surface area contributed by atoms with Gasteiger partial charge in [0.25, 0.3) is 0 Å². The van der Waals surface area contributed by atoms with Crippen molar-refractivity contribution in [3.05, 3.63) is 11.6 Å². The molecule has 0 saturated heterocycles. The van der Waals surface area contributed by atoms with Crippen LogP contribution in [0, 0.1) is 6.92 Å². The summed E-state index contributed by atoms with van der Waals surface area (Å²) in [5.74, 6) is 2.47. The molecule has 1 aromatic rings. The first kappa shape index (κ1) is 21.3. The number of nitrogens with zero attached hydrogens (tertiary/aromatic N) is 5. The third kappa shape index (κ3) is 8.80. The highest BCUT2D eigenvalue weighted by molar-refractivity contribution is 5.79. The standard InChI is InChI=1S/C16H33N7O2/c1-14-20-21-15(23(14)3)13-19-16(18-8-12-25-5)17-7-10-22(2)9-6-11-24-4/h6-13H2,1-5H3,(H2,17,18,19). The second-order valence-electron chi connectivity index (χ2n) is 5.88. The van der Waals surface area contributed by atoms with E-state index in [2.05, 4.69) is 37.8 Å². The van der Waals surface area contributed by atoms with Crippen LogP contribution < -0.4 is 10.6 Å². The molecule has 0 amide bonds. The fourth-order valence-electron chi connectivity index (χ4n) is 2.14. The molecule has 0 unspecified atom stereocenters. The summed E-state index contributed by atoms with van der Waals surface area (Å²) in [5.41, 5.74) is 0. The lowest BCUT2D eigenvalue weighted by Crippen LogP contribution is -2.42. The molecule has 0 atom stereocenters. The Labute approximate surface area is 150 Å². The predicted octanol–water partition coefficient (Wildman–Crippen LogP) is -0.227. The zero-order chi connectivity index (χ0) is 18.5. The van der Waals surface area contributed by atoms with Crippen molar-refractivity contribution >= 4 is 5.96 Å². The molecule has 1 aromatic heterocycles. The van der Waals surface area contributed by atoms with Crippen LogP contribution in [0.4, 0.5) is 0 Å². The molecular formula is C16H33N7O2. The summed E-state index contributed by atoms with van der Waals surface area (Å²) in [6, 6.07) is 0. The zero-order valence-electron chi connectivity index (χ0n) is 16.2. The second kappa shape index (κ2) is 12.6. The normalized spacial score (nSPS) is 12.0. The largest absolute Gasteiger partial charge is 0.385 e. The molecule has 2 N–H and O–H groups in total. The number of aliphatic imine (C=N–C) groups is 1. The highest BCUT2D eigenvalue weighted by Gasteiger charge is 2.05. The zero-order valence-corrected chi connectivity index (χ0v) is 16.2. The van der Waals surface area contributed by atoms with Crippen LogP contribution in [0.1, 0.15) is 18.1 Å². The maximum absolute atomic E-state index is 5.08. The molecule has 0 fully saturated rings. The van der Waals surface area contributed by atoms with Gasteiger partial charge >= 0.3 is 0 Å². The van der Waals surface area contributed by atoms with Crippen LogP contribution in [0.3, 0.4) is 0 Å². The molecule has 0 aliphatic carbocycles. The van der Waals surface area contributed by atoms with Crippen LogP contribution >= 0.6 is 0 Å². The van der Waals surface area contributed by atoms with E-state index in [1.54, 1.807) is 14.2 Å². The number of hydrogen-bond donors (Lipinski definition) is 2. The number of ether oxygens (including phenoxy) is 2. The molecule has 1 rings (SSSR count).